The van der Waals surface area contributed by atoms with Crippen molar-refractivity contribution in [3.63, 3.8) is 0 Å². The SMILES string of the molecule is CNCc1cc(Cl)cc(OC)c1OCOC. The van der Waals surface area contributed by atoms with Crippen LogP contribution in [0, 0.1) is 0 Å². The van der Waals surface area contributed by atoms with Crippen molar-refractivity contribution in [2.45, 2.75) is 6.54 Å². The number of hydrogen-bond donors (Lipinski definition) is 1. The molecule has 0 aliphatic rings. The molecule has 0 aliphatic heterocycles. The van der Waals surface area contributed by atoms with Gasteiger partial charge in [0.25, 0.3) is 0 Å². The van der Waals surface area contributed by atoms with Crippen molar-refractivity contribution < 1.29 is 14.2 Å². The minimum atomic E-state index is 0.175. The Morgan fingerprint density at radius 2 is 2.06 bits per heavy atom. The molecule has 1 aromatic rings. The number of rotatable bonds is 6. The fourth-order valence-corrected chi connectivity index (χ4v) is 1.61. The quantitative estimate of drug-likeness (QED) is 0.779. The molecular formula is C11H16ClNO3. The fourth-order valence-electron chi connectivity index (χ4n) is 1.38. The first-order valence-electron chi connectivity index (χ1n) is 4.85. The Kier molecular flexibility index (Phi) is 5.38. The summed E-state index contributed by atoms with van der Waals surface area (Å²) in [5.41, 5.74) is 0.934. The van der Waals surface area contributed by atoms with Crippen LogP contribution in [0.5, 0.6) is 11.5 Å². The largest absolute Gasteiger partial charge is 0.493 e. The van der Waals surface area contributed by atoms with Gasteiger partial charge in [0.15, 0.2) is 18.3 Å². The normalized spacial score (nSPS) is 10.2. The van der Waals surface area contributed by atoms with Crippen LogP contribution in [0.3, 0.4) is 0 Å². The molecule has 0 aliphatic carbocycles. The van der Waals surface area contributed by atoms with Gasteiger partial charge in [0.2, 0.25) is 0 Å². The Hall–Kier alpha value is -0.970. The molecule has 16 heavy (non-hydrogen) atoms. The van der Waals surface area contributed by atoms with Gasteiger partial charge >= 0.3 is 0 Å². The highest BCUT2D eigenvalue weighted by Gasteiger charge is 2.12. The number of methoxy groups -OCH3 is 2. The summed E-state index contributed by atoms with van der Waals surface area (Å²) in [5.74, 6) is 1.26. The molecule has 1 N–H and O–H groups in total. The monoisotopic (exact) mass is 245 g/mol. The van der Waals surface area contributed by atoms with E-state index in [1.807, 2.05) is 13.1 Å². The third kappa shape index (κ3) is 3.27. The van der Waals surface area contributed by atoms with Crippen LogP contribution in [0.4, 0.5) is 0 Å². The molecule has 0 saturated heterocycles. The van der Waals surface area contributed by atoms with E-state index in [0.717, 1.165) is 5.56 Å². The van der Waals surface area contributed by atoms with E-state index in [1.165, 1.54) is 0 Å². The number of benzene rings is 1. The first-order chi connectivity index (χ1) is 7.72. The summed E-state index contributed by atoms with van der Waals surface area (Å²) in [6, 6.07) is 3.55. The highest BCUT2D eigenvalue weighted by atomic mass is 35.5. The maximum absolute atomic E-state index is 5.98. The highest BCUT2D eigenvalue weighted by Crippen LogP contribution is 2.34. The standard InChI is InChI=1S/C11H16ClNO3/c1-13-6-8-4-9(12)5-10(15-3)11(8)16-7-14-2/h4-5,13H,6-7H2,1-3H3. The van der Waals surface area contributed by atoms with Crippen molar-refractivity contribution in [2.24, 2.45) is 0 Å². The van der Waals surface area contributed by atoms with Crippen LogP contribution < -0.4 is 14.8 Å². The molecule has 1 aromatic carbocycles. The van der Waals surface area contributed by atoms with Gasteiger partial charge < -0.3 is 19.5 Å². The Morgan fingerprint density at radius 1 is 1.31 bits per heavy atom. The average Bonchev–Trinajstić information content (AvgIpc) is 2.27. The Balaban J connectivity index is 3.05. The maximum Gasteiger partial charge on any atom is 0.188 e. The maximum atomic E-state index is 5.98. The predicted molar refractivity (Wildman–Crippen MR) is 63.3 cm³/mol. The minimum Gasteiger partial charge on any atom is -0.493 e. The molecule has 0 radical (unpaired) electrons. The lowest BCUT2D eigenvalue weighted by atomic mass is 10.2. The number of nitrogens with one attached hydrogen (secondary N) is 1. The molecule has 0 amide bonds. The van der Waals surface area contributed by atoms with E-state index in [2.05, 4.69) is 5.32 Å². The van der Waals surface area contributed by atoms with Crippen LogP contribution in [0.2, 0.25) is 5.02 Å². The lowest BCUT2D eigenvalue weighted by Gasteiger charge is -2.15. The predicted octanol–water partition coefficient (Wildman–Crippen LogP) is 2.05. The second-order valence-corrected chi connectivity index (χ2v) is 3.61. The summed E-state index contributed by atoms with van der Waals surface area (Å²) in [6.07, 6.45) is 0. The number of hydrogen-bond acceptors (Lipinski definition) is 4. The van der Waals surface area contributed by atoms with Gasteiger partial charge in [0.1, 0.15) is 0 Å². The first kappa shape index (κ1) is 13.1. The first-order valence-corrected chi connectivity index (χ1v) is 5.23. The summed E-state index contributed by atoms with van der Waals surface area (Å²) in [6.45, 7) is 0.824. The molecule has 1 rings (SSSR count). The Labute approximate surface area is 100 Å². The zero-order valence-electron chi connectivity index (χ0n) is 9.67. The van der Waals surface area contributed by atoms with Crippen molar-refractivity contribution in [3.05, 3.63) is 22.7 Å². The topological polar surface area (TPSA) is 39.7 Å². The second kappa shape index (κ2) is 6.58. The van der Waals surface area contributed by atoms with E-state index >= 15 is 0 Å². The van der Waals surface area contributed by atoms with E-state index in [0.29, 0.717) is 23.1 Å². The molecule has 0 bridgehead atoms. The molecular weight excluding hydrogens is 230 g/mol. The molecule has 90 valence electrons. The van der Waals surface area contributed by atoms with E-state index in [4.69, 9.17) is 25.8 Å². The second-order valence-electron chi connectivity index (χ2n) is 3.18. The number of halogens is 1. The zero-order valence-corrected chi connectivity index (χ0v) is 10.4. The van der Waals surface area contributed by atoms with Gasteiger partial charge in [-0.05, 0) is 13.1 Å². The van der Waals surface area contributed by atoms with Crippen LogP contribution in [-0.4, -0.2) is 28.1 Å². The molecule has 0 heterocycles. The molecule has 0 saturated carbocycles. The summed E-state index contributed by atoms with van der Waals surface area (Å²) in [5, 5.41) is 3.66. The summed E-state index contributed by atoms with van der Waals surface area (Å²) in [4.78, 5) is 0. The van der Waals surface area contributed by atoms with Crippen LogP contribution in [0.1, 0.15) is 5.56 Å². The average molecular weight is 246 g/mol. The Morgan fingerprint density at radius 3 is 2.62 bits per heavy atom. The molecule has 4 nitrogen and oxygen atoms in total. The van der Waals surface area contributed by atoms with Gasteiger partial charge in [-0.2, -0.15) is 0 Å². The summed E-state index contributed by atoms with van der Waals surface area (Å²) < 4.78 is 15.6. The van der Waals surface area contributed by atoms with Crippen LogP contribution in [0.25, 0.3) is 0 Å². The van der Waals surface area contributed by atoms with Gasteiger partial charge in [-0.3, -0.25) is 0 Å². The van der Waals surface area contributed by atoms with Gasteiger partial charge in [-0.15, -0.1) is 0 Å². The van der Waals surface area contributed by atoms with Crippen LogP contribution >= 0.6 is 11.6 Å². The Bertz CT molecular complexity index is 344. The van der Waals surface area contributed by atoms with E-state index in [-0.39, 0.29) is 6.79 Å². The van der Waals surface area contributed by atoms with E-state index in [9.17, 15) is 0 Å². The third-order valence-electron chi connectivity index (χ3n) is 2.00. The minimum absolute atomic E-state index is 0.175. The van der Waals surface area contributed by atoms with Crippen LogP contribution in [0.15, 0.2) is 12.1 Å². The van der Waals surface area contributed by atoms with Gasteiger partial charge in [-0.25, -0.2) is 0 Å². The van der Waals surface area contributed by atoms with Gasteiger partial charge in [0.05, 0.1) is 7.11 Å². The summed E-state index contributed by atoms with van der Waals surface area (Å²) >= 11 is 5.98. The smallest absolute Gasteiger partial charge is 0.188 e. The number of ether oxygens (including phenoxy) is 3. The lowest BCUT2D eigenvalue weighted by Crippen LogP contribution is -2.09. The van der Waals surface area contributed by atoms with Crippen molar-refractivity contribution in [1.82, 2.24) is 5.32 Å². The molecule has 5 heteroatoms. The van der Waals surface area contributed by atoms with E-state index < -0.39 is 0 Å². The lowest BCUT2D eigenvalue weighted by molar-refractivity contribution is 0.0484. The molecule has 0 aromatic heterocycles. The van der Waals surface area contributed by atoms with Crippen molar-refractivity contribution in [3.8, 4) is 11.5 Å². The van der Waals surface area contributed by atoms with Crippen molar-refractivity contribution in [1.29, 1.82) is 0 Å². The molecule has 0 atom stereocenters. The van der Waals surface area contributed by atoms with Gasteiger partial charge in [0, 0.05) is 30.3 Å². The van der Waals surface area contributed by atoms with Crippen molar-refractivity contribution in [2.75, 3.05) is 28.1 Å². The third-order valence-corrected chi connectivity index (χ3v) is 2.22. The van der Waals surface area contributed by atoms with E-state index in [1.54, 1.807) is 20.3 Å². The molecule has 0 unspecified atom stereocenters. The molecule has 0 spiro atoms. The zero-order chi connectivity index (χ0) is 12.0. The molecule has 0 fully saturated rings. The van der Waals surface area contributed by atoms with Crippen LogP contribution in [-0.2, 0) is 11.3 Å². The highest BCUT2D eigenvalue weighted by molar-refractivity contribution is 6.30. The fraction of sp³-hybridized carbons (Fsp3) is 0.455. The summed E-state index contributed by atoms with van der Waals surface area (Å²) in [7, 11) is 5.00. The van der Waals surface area contributed by atoms with Gasteiger partial charge in [-0.1, -0.05) is 11.6 Å². The van der Waals surface area contributed by atoms with Crippen molar-refractivity contribution >= 4 is 11.6 Å².